The minimum atomic E-state index is -0.638. The summed E-state index contributed by atoms with van der Waals surface area (Å²) in [4.78, 5) is 0. The van der Waals surface area contributed by atoms with Crippen molar-refractivity contribution in [1.82, 2.24) is 0 Å². The molecule has 0 amide bonds. The van der Waals surface area contributed by atoms with Crippen LogP contribution >= 0.6 is 25.3 Å². The van der Waals surface area contributed by atoms with Gasteiger partial charge in [-0.3, -0.25) is 0 Å². The Hall–Kier alpha value is 0.660. The molecule has 0 aliphatic carbocycles. The third-order valence-electron chi connectivity index (χ3n) is 0.640. The first kappa shape index (κ1) is 7.66. The Morgan fingerprint density at radius 2 is 2.00 bits per heavy atom. The van der Waals surface area contributed by atoms with E-state index in [1.807, 2.05) is 0 Å². The Balaban J connectivity index is 3.14. The van der Waals surface area contributed by atoms with Crippen LogP contribution in [0.25, 0.3) is 0 Å². The normalized spacial score (nSPS) is 18.9. The first-order valence-corrected chi connectivity index (χ1v) is 3.05. The molecule has 0 aromatic carbocycles. The highest BCUT2D eigenvalue weighted by Gasteiger charge is 2.05. The Labute approximate surface area is 54.9 Å². The molecule has 0 saturated heterocycles. The van der Waals surface area contributed by atoms with Crippen LogP contribution in [0.2, 0.25) is 0 Å². The molecule has 2 unspecified atom stereocenters. The highest BCUT2D eigenvalue weighted by molar-refractivity contribution is 7.85. The van der Waals surface area contributed by atoms with Gasteiger partial charge in [-0.15, -0.1) is 12.6 Å². The van der Waals surface area contributed by atoms with E-state index in [0.717, 1.165) is 0 Å². The number of hydrogen-bond donors (Lipinski definition) is 3. The van der Waals surface area contributed by atoms with Gasteiger partial charge in [-0.2, -0.15) is 12.6 Å². The van der Waals surface area contributed by atoms with Crippen LogP contribution in [0.15, 0.2) is 0 Å². The van der Waals surface area contributed by atoms with Gasteiger partial charge < -0.3 is 5.11 Å². The van der Waals surface area contributed by atoms with Crippen molar-refractivity contribution in [2.45, 2.75) is 17.1 Å². The Kier molecular flexibility index (Phi) is 3.98. The van der Waals surface area contributed by atoms with Gasteiger partial charge in [0.2, 0.25) is 0 Å². The van der Waals surface area contributed by atoms with Gasteiger partial charge in [0.15, 0.2) is 0 Å². The van der Waals surface area contributed by atoms with Crippen molar-refractivity contribution in [2.75, 3.05) is 0 Å². The lowest BCUT2D eigenvalue weighted by molar-refractivity contribution is 0.262. The third kappa shape index (κ3) is 3.26. The van der Waals surface area contributed by atoms with Crippen LogP contribution in [0, 0.1) is 6.92 Å². The highest BCUT2D eigenvalue weighted by atomic mass is 32.1. The van der Waals surface area contributed by atoms with Gasteiger partial charge in [-0.05, 0) is 6.42 Å². The van der Waals surface area contributed by atoms with Crippen molar-refractivity contribution in [1.29, 1.82) is 0 Å². The van der Waals surface area contributed by atoms with Crippen molar-refractivity contribution in [3.63, 3.8) is 0 Å². The first-order valence-electron chi connectivity index (χ1n) is 2.02. The molecule has 0 fully saturated rings. The Morgan fingerprint density at radius 3 is 2.00 bits per heavy atom. The average Bonchev–Trinajstić information content (AvgIpc) is 1.65. The fourth-order valence-electron chi connectivity index (χ4n) is 0.149. The fraction of sp³-hybridized carbons (Fsp3) is 0.750. The van der Waals surface area contributed by atoms with E-state index in [2.05, 4.69) is 32.2 Å². The highest BCUT2D eigenvalue weighted by Crippen LogP contribution is 2.07. The van der Waals surface area contributed by atoms with Gasteiger partial charge in [0.25, 0.3) is 0 Å². The van der Waals surface area contributed by atoms with E-state index in [1.165, 1.54) is 0 Å². The van der Waals surface area contributed by atoms with Gasteiger partial charge in [0.05, 0.1) is 0 Å². The van der Waals surface area contributed by atoms with Crippen LogP contribution in [0.1, 0.15) is 6.42 Å². The molecule has 0 saturated carbocycles. The summed E-state index contributed by atoms with van der Waals surface area (Å²) < 4.78 is 0. The molecule has 3 heteroatoms. The quantitative estimate of drug-likeness (QED) is 0.379. The topological polar surface area (TPSA) is 20.2 Å². The predicted molar refractivity (Wildman–Crippen MR) is 37.7 cm³/mol. The van der Waals surface area contributed by atoms with Gasteiger partial charge in [0, 0.05) is 5.25 Å². The van der Waals surface area contributed by atoms with Crippen LogP contribution < -0.4 is 0 Å². The SMILES string of the molecule is [CH2]CC(S)C(O)S. The second-order valence-electron chi connectivity index (χ2n) is 1.27. The molecule has 1 nitrogen and oxygen atoms in total. The molecular formula is C4H9OS2. The maximum absolute atomic E-state index is 8.57. The minimum absolute atomic E-state index is 0.0941. The maximum atomic E-state index is 8.57. The van der Waals surface area contributed by atoms with E-state index in [4.69, 9.17) is 5.11 Å². The van der Waals surface area contributed by atoms with Gasteiger partial charge in [0.1, 0.15) is 5.44 Å². The van der Waals surface area contributed by atoms with Gasteiger partial charge in [-0.1, -0.05) is 6.92 Å². The molecule has 2 atom stereocenters. The zero-order valence-electron chi connectivity index (χ0n) is 3.91. The predicted octanol–water partition coefficient (Wildman–Crippen LogP) is 0.757. The largest absolute Gasteiger partial charge is 0.382 e. The van der Waals surface area contributed by atoms with Gasteiger partial charge in [-0.25, -0.2) is 0 Å². The Bertz CT molecular complexity index is 47.0. The standard InChI is InChI=1S/C4H9OS2/c1-2-3(6)4(5)7/h3-7H,1-2H2. The van der Waals surface area contributed by atoms with Crippen molar-refractivity contribution in [3.05, 3.63) is 6.92 Å². The molecule has 0 spiro atoms. The molecule has 0 bridgehead atoms. The van der Waals surface area contributed by atoms with Crippen LogP contribution in [-0.2, 0) is 0 Å². The summed E-state index contributed by atoms with van der Waals surface area (Å²) >= 11 is 7.65. The number of hydrogen-bond acceptors (Lipinski definition) is 3. The summed E-state index contributed by atoms with van der Waals surface area (Å²) in [6, 6.07) is 0. The molecule has 0 heterocycles. The van der Waals surface area contributed by atoms with Crippen molar-refractivity contribution >= 4 is 25.3 Å². The lowest BCUT2D eigenvalue weighted by Crippen LogP contribution is -2.12. The smallest absolute Gasteiger partial charge is 0.108 e. The summed E-state index contributed by atoms with van der Waals surface area (Å²) in [5.74, 6) is 0. The molecule has 0 aromatic heterocycles. The lowest BCUT2D eigenvalue weighted by Gasteiger charge is -2.07. The molecule has 1 N–H and O–H groups in total. The van der Waals surface area contributed by atoms with Crippen molar-refractivity contribution in [2.24, 2.45) is 0 Å². The number of thiol groups is 2. The molecule has 43 valence electrons. The van der Waals surface area contributed by atoms with Crippen LogP contribution in [-0.4, -0.2) is 15.8 Å². The average molecular weight is 137 g/mol. The fourth-order valence-corrected chi connectivity index (χ4v) is 0.298. The van der Waals surface area contributed by atoms with E-state index in [1.54, 1.807) is 0 Å². The number of aliphatic hydroxyl groups excluding tert-OH is 1. The zero-order valence-corrected chi connectivity index (χ0v) is 5.70. The number of rotatable bonds is 2. The lowest BCUT2D eigenvalue weighted by atomic mass is 10.3. The van der Waals surface area contributed by atoms with Crippen LogP contribution in [0.5, 0.6) is 0 Å². The minimum Gasteiger partial charge on any atom is -0.382 e. The second kappa shape index (κ2) is 3.64. The molecule has 7 heavy (non-hydrogen) atoms. The van der Waals surface area contributed by atoms with E-state index in [0.29, 0.717) is 6.42 Å². The van der Waals surface area contributed by atoms with Crippen LogP contribution in [0.3, 0.4) is 0 Å². The molecule has 0 rings (SSSR count). The summed E-state index contributed by atoms with van der Waals surface area (Å²) in [5, 5.41) is 8.47. The molecule has 0 aliphatic rings. The summed E-state index contributed by atoms with van der Waals surface area (Å²) in [5.41, 5.74) is -0.638. The van der Waals surface area contributed by atoms with Crippen molar-refractivity contribution in [3.8, 4) is 0 Å². The summed E-state index contributed by atoms with van der Waals surface area (Å²) in [6.07, 6.45) is 0.605. The second-order valence-corrected chi connectivity index (χ2v) is 2.46. The number of aliphatic hydroxyl groups is 1. The third-order valence-corrected chi connectivity index (χ3v) is 1.78. The van der Waals surface area contributed by atoms with Gasteiger partial charge >= 0.3 is 0 Å². The van der Waals surface area contributed by atoms with E-state index in [-0.39, 0.29) is 5.25 Å². The molecule has 1 radical (unpaired) electrons. The monoisotopic (exact) mass is 137 g/mol. The summed E-state index contributed by atoms with van der Waals surface area (Å²) in [7, 11) is 0. The van der Waals surface area contributed by atoms with Crippen molar-refractivity contribution < 1.29 is 5.11 Å². The molecule has 0 aliphatic heterocycles. The summed E-state index contributed by atoms with van der Waals surface area (Å²) in [6.45, 7) is 3.52. The zero-order chi connectivity index (χ0) is 5.86. The molecular weight excluding hydrogens is 128 g/mol. The first-order chi connectivity index (χ1) is 3.18. The Morgan fingerprint density at radius 1 is 1.57 bits per heavy atom. The maximum Gasteiger partial charge on any atom is 0.108 e. The van der Waals surface area contributed by atoms with E-state index < -0.39 is 5.44 Å². The van der Waals surface area contributed by atoms with E-state index >= 15 is 0 Å². The molecule has 0 aromatic rings. The van der Waals surface area contributed by atoms with E-state index in [9.17, 15) is 0 Å². The van der Waals surface area contributed by atoms with Crippen LogP contribution in [0.4, 0.5) is 0 Å².